The molecule has 2 unspecified atom stereocenters. The highest BCUT2D eigenvalue weighted by Crippen LogP contribution is 2.40. The van der Waals surface area contributed by atoms with Crippen LogP contribution in [0.1, 0.15) is 44.0 Å². The maximum absolute atomic E-state index is 12.8. The summed E-state index contributed by atoms with van der Waals surface area (Å²) in [6.07, 6.45) is 5.07. The second kappa shape index (κ2) is 8.98. The molecule has 1 aliphatic carbocycles. The number of carbonyl (C=O) groups excluding carboxylic acids is 1. The standard InChI is InChI=1S/C19H22N6O3S/c1-3-21-17-8-16(13-4-5-13)23-11-18(17)24-19(26)12(2)25(29(27)28)15-7-6-14(9-20)22-10-15/h6-8,10-13H,3-5H2,1-2H3,(H,21,23)(H,24,26)(H,27,28)/p-1. The van der Waals surface area contributed by atoms with Crippen LogP contribution in [0, 0.1) is 11.3 Å². The number of nitriles is 1. The van der Waals surface area contributed by atoms with Gasteiger partial charge in [-0.1, -0.05) is 0 Å². The third-order valence-corrected chi connectivity index (χ3v) is 5.40. The van der Waals surface area contributed by atoms with Gasteiger partial charge in [0.25, 0.3) is 0 Å². The fourth-order valence-electron chi connectivity index (χ4n) is 2.88. The highest BCUT2D eigenvalue weighted by Gasteiger charge is 2.27. The number of aromatic nitrogens is 2. The summed E-state index contributed by atoms with van der Waals surface area (Å²) in [5.41, 5.74) is 2.56. The molecule has 1 amide bonds. The van der Waals surface area contributed by atoms with E-state index >= 15 is 0 Å². The summed E-state index contributed by atoms with van der Waals surface area (Å²) in [5, 5.41) is 14.8. The third-order valence-electron chi connectivity index (χ3n) is 4.55. The van der Waals surface area contributed by atoms with Gasteiger partial charge in [0, 0.05) is 29.4 Å². The van der Waals surface area contributed by atoms with E-state index in [1.54, 1.807) is 6.20 Å². The predicted molar refractivity (Wildman–Crippen MR) is 109 cm³/mol. The summed E-state index contributed by atoms with van der Waals surface area (Å²) in [6, 6.07) is 5.57. The highest BCUT2D eigenvalue weighted by molar-refractivity contribution is 7.80. The van der Waals surface area contributed by atoms with Gasteiger partial charge in [0.05, 0.1) is 29.5 Å². The Bertz CT molecular complexity index is 955. The van der Waals surface area contributed by atoms with Gasteiger partial charge in [-0.05, 0) is 44.9 Å². The Morgan fingerprint density at radius 1 is 1.38 bits per heavy atom. The van der Waals surface area contributed by atoms with E-state index in [4.69, 9.17) is 5.26 Å². The van der Waals surface area contributed by atoms with E-state index in [2.05, 4.69) is 20.6 Å². The molecule has 2 atom stereocenters. The second-order valence-electron chi connectivity index (χ2n) is 6.68. The van der Waals surface area contributed by atoms with Crippen LogP contribution >= 0.6 is 0 Å². The lowest BCUT2D eigenvalue weighted by Gasteiger charge is -2.31. The van der Waals surface area contributed by atoms with Gasteiger partial charge in [-0.3, -0.25) is 18.3 Å². The minimum atomic E-state index is -2.71. The fraction of sp³-hybridized carbons (Fsp3) is 0.368. The highest BCUT2D eigenvalue weighted by atomic mass is 32.2. The molecule has 0 saturated heterocycles. The summed E-state index contributed by atoms with van der Waals surface area (Å²) < 4.78 is 24.5. The molecule has 0 spiro atoms. The molecule has 0 aromatic carbocycles. The van der Waals surface area contributed by atoms with Crippen LogP contribution in [-0.4, -0.2) is 37.2 Å². The first-order chi connectivity index (χ1) is 13.9. The first-order valence-electron chi connectivity index (χ1n) is 9.24. The van der Waals surface area contributed by atoms with Gasteiger partial charge in [-0.15, -0.1) is 0 Å². The van der Waals surface area contributed by atoms with E-state index in [9.17, 15) is 13.6 Å². The largest absolute Gasteiger partial charge is 0.755 e. The predicted octanol–water partition coefficient (Wildman–Crippen LogP) is 2.29. The van der Waals surface area contributed by atoms with Crippen LogP contribution in [0.5, 0.6) is 0 Å². The van der Waals surface area contributed by atoms with Gasteiger partial charge < -0.3 is 15.2 Å². The number of rotatable bonds is 8. The maximum Gasteiger partial charge on any atom is 0.247 e. The molecule has 0 bridgehead atoms. The van der Waals surface area contributed by atoms with Crippen LogP contribution in [0.25, 0.3) is 0 Å². The van der Waals surface area contributed by atoms with Crippen molar-refractivity contribution in [3.63, 3.8) is 0 Å². The van der Waals surface area contributed by atoms with Gasteiger partial charge in [0.2, 0.25) is 5.91 Å². The van der Waals surface area contributed by atoms with Crippen LogP contribution < -0.4 is 14.9 Å². The topological polar surface area (TPSA) is 134 Å². The normalized spacial score (nSPS) is 15.1. The van der Waals surface area contributed by atoms with Crippen LogP contribution in [0.3, 0.4) is 0 Å². The zero-order valence-corrected chi connectivity index (χ0v) is 16.9. The van der Waals surface area contributed by atoms with E-state index < -0.39 is 23.2 Å². The number of amides is 1. The van der Waals surface area contributed by atoms with Crippen LogP contribution in [0.2, 0.25) is 0 Å². The fourth-order valence-corrected chi connectivity index (χ4v) is 3.51. The van der Waals surface area contributed by atoms with Gasteiger partial charge in [0.15, 0.2) is 0 Å². The molecule has 3 rings (SSSR count). The lowest BCUT2D eigenvalue weighted by Crippen LogP contribution is -2.43. The lowest BCUT2D eigenvalue weighted by molar-refractivity contribution is -0.116. The van der Waals surface area contributed by atoms with Crippen LogP contribution in [0.15, 0.2) is 30.6 Å². The van der Waals surface area contributed by atoms with Crippen molar-refractivity contribution < 1.29 is 13.6 Å². The Balaban J connectivity index is 1.80. The first kappa shape index (κ1) is 20.7. The summed E-state index contributed by atoms with van der Waals surface area (Å²) in [6.45, 7) is 4.09. The van der Waals surface area contributed by atoms with Crippen molar-refractivity contribution in [1.29, 1.82) is 5.26 Å². The minimum Gasteiger partial charge on any atom is -0.755 e. The minimum absolute atomic E-state index is 0.152. The number of carbonyl (C=O) groups is 1. The number of nitrogens with one attached hydrogen (secondary N) is 2. The average Bonchev–Trinajstić information content (AvgIpc) is 3.55. The zero-order chi connectivity index (χ0) is 21.0. The molecule has 9 nitrogen and oxygen atoms in total. The van der Waals surface area contributed by atoms with Crippen LogP contribution in [-0.2, 0) is 16.1 Å². The van der Waals surface area contributed by atoms with Crippen molar-refractivity contribution in [3.8, 4) is 6.07 Å². The van der Waals surface area contributed by atoms with Crippen LogP contribution in [0.4, 0.5) is 17.1 Å². The van der Waals surface area contributed by atoms with Crippen molar-refractivity contribution >= 4 is 34.2 Å². The average molecular weight is 413 g/mol. The van der Waals surface area contributed by atoms with Gasteiger partial charge in [0.1, 0.15) is 17.8 Å². The molecule has 2 heterocycles. The van der Waals surface area contributed by atoms with E-state index in [0.717, 1.165) is 28.5 Å². The molecule has 10 heteroatoms. The molecule has 2 N–H and O–H groups in total. The molecule has 1 aliphatic rings. The molecule has 1 fully saturated rings. The van der Waals surface area contributed by atoms with Gasteiger partial charge >= 0.3 is 0 Å². The number of anilines is 3. The molecule has 2 aromatic rings. The number of pyridine rings is 2. The molecular weight excluding hydrogens is 392 g/mol. The van der Waals surface area contributed by atoms with Crippen molar-refractivity contribution in [1.82, 2.24) is 9.97 Å². The lowest BCUT2D eigenvalue weighted by atomic mass is 10.2. The molecule has 29 heavy (non-hydrogen) atoms. The molecule has 0 aliphatic heterocycles. The van der Waals surface area contributed by atoms with Crippen molar-refractivity contribution in [2.24, 2.45) is 0 Å². The molecule has 2 aromatic heterocycles. The maximum atomic E-state index is 12.8. The molecule has 0 radical (unpaired) electrons. The molecule has 152 valence electrons. The summed E-state index contributed by atoms with van der Waals surface area (Å²) in [4.78, 5) is 21.1. The summed E-state index contributed by atoms with van der Waals surface area (Å²) in [7, 11) is 0. The Morgan fingerprint density at radius 2 is 2.14 bits per heavy atom. The Hall–Kier alpha value is -3.03. The number of nitrogens with zero attached hydrogens (tertiary/aromatic N) is 4. The smallest absolute Gasteiger partial charge is 0.247 e. The van der Waals surface area contributed by atoms with Crippen molar-refractivity contribution in [3.05, 3.63) is 42.0 Å². The first-order valence-corrected chi connectivity index (χ1v) is 10.3. The van der Waals surface area contributed by atoms with Crippen molar-refractivity contribution in [2.45, 2.75) is 38.6 Å². The van der Waals surface area contributed by atoms with E-state index in [0.29, 0.717) is 18.2 Å². The quantitative estimate of drug-likeness (QED) is 0.634. The second-order valence-corrected chi connectivity index (χ2v) is 7.51. The summed E-state index contributed by atoms with van der Waals surface area (Å²) in [5.74, 6) is -0.0444. The molecule has 1 saturated carbocycles. The van der Waals surface area contributed by atoms with Crippen molar-refractivity contribution in [2.75, 3.05) is 21.5 Å². The Kier molecular flexibility index (Phi) is 6.41. The van der Waals surface area contributed by atoms with Gasteiger partial charge in [-0.25, -0.2) is 4.98 Å². The van der Waals surface area contributed by atoms with E-state index in [-0.39, 0.29) is 11.4 Å². The molecular formula is C19H21N6O3S-. The SMILES string of the molecule is CCNc1cc(C2CC2)ncc1NC(=O)C(C)N(c1ccc(C#N)nc1)S(=O)[O-]. The number of hydrogen-bond donors (Lipinski definition) is 2. The zero-order valence-electron chi connectivity index (χ0n) is 16.1. The Morgan fingerprint density at radius 3 is 2.69 bits per heavy atom. The summed E-state index contributed by atoms with van der Waals surface area (Å²) >= 11 is -2.71. The number of hydrogen-bond acceptors (Lipinski definition) is 7. The van der Waals surface area contributed by atoms with E-state index in [1.807, 2.05) is 19.1 Å². The Labute approximate surface area is 171 Å². The monoisotopic (exact) mass is 413 g/mol. The van der Waals surface area contributed by atoms with E-state index in [1.165, 1.54) is 25.3 Å². The van der Waals surface area contributed by atoms with Gasteiger partial charge in [-0.2, -0.15) is 5.26 Å². The third kappa shape index (κ3) is 4.88.